The first-order valence-corrected chi connectivity index (χ1v) is 10.0. The van der Waals surface area contributed by atoms with Gasteiger partial charge in [0.15, 0.2) is 0 Å². The van der Waals surface area contributed by atoms with Crippen molar-refractivity contribution < 1.29 is 9.53 Å². The Hall–Kier alpha value is -3.59. The number of carbonyl (C=O) groups is 1. The summed E-state index contributed by atoms with van der Waals surface area (Å²) in [6.07, 6.45) is 1.45. The smallest absolute Gasteiger partial charge is 0.220 e. The molecule has 0 aliphatic rings. The van der Waals surface area contributed by atoms with Crippen LogP contribution in [0.15, 0.2) is 54.6 Å². The minimum Gasteiger partial charge on any atom is -0.457 e. The van der Waals surface area contributed by atoms with Crippen LogP contribution in [0.1, 0.15) is 35.4 Å². The highest BCUT2D eigenvalue weighted by Gasteiger charge is 2.13. The highest BCUT2D eigenvalue weighted by atomic mass is 16.5. The van der Waals surface area contributed by atoms with E-state index in [1.807, 2.05) is 73.1 Å². The third-order valence-corrected chi connectivity index (χ3v) is 4.94. The molecule has 0 aliphatic heterocycles. The average Bonchev–Trinajstić information content (AvgIpc) is 3.03. The standard InChI is InChI=1S/C24H26N4O2/c1-18-23(19(2)28(27-18)15-7-14-25)12-13-24(29)26-17-20-8-6-11-22(16-20)30-21-9-4-3-5-10-21/h3-6,8-11,16H,7,12-13,15,17H2,1-2H3,(H,26,29). The maximum atomic E-state index is 12.4. The maximum Gasteiger partial charge on any atom is 0.220 e. The second kappa shape index (κ2) is 10.3. The molecule has 1 N–H and O–H groups in total. The van der Waals surface area contributed by atoms with Gasteiger partial charge in [-0.1, -0.05) is 30.3 Å². The van der Waals surface area contributed by atoms with E-state index in [1.54, 1.807) is 0 Å². The summed E-state index contributed by atoms with van der Waals surface area (Å²) < 4.78 is 7.70. The van der Waals surface area contributed by atoms with E-state index in [2.05, 4.69) is 16.5 Å². The number of para-hydroxylation sites is 1. The minimum absolute atomic E-state index is 0.00652. The molecule has 0 fully saturated rings. The van der Waals surface area contributed by atoms with Gasteiger partial charge in [-0.3, -0.25) is 9.48 Å². The number of rotatable bonds is 9. The normalized spacial score (nSPS) is 10.4. The number of aryl methyl sites for hydroxylation is 2. The molecule has 154 valence electrons. The van der Waals surface area contributed by atoms with Crippen molar-refractivity contribution in [2.45, 2.75) is 46.2 Å². The van der Waals surface area contributed by atoms with Gasteiger partial charge in [-0.25, -0.2) is 0 Å². The molecular formula is C24H26N4O2. The third kappa shape index (κ3) is 5.71. The van der Waals surface area contributed by atoms with Gasteiger partial charge < -0.3 is 10.1 Å². The van der Waals surface area contributed by atoms with Crippen LogP contribution in [-0.4, -0.2) is 15.7 Å². The second-order valence-electron chi connectivity index (χ2n) is 7.12. The molecule has 0 saturated carbocycles. The van der Waals surface area contributed by atoms with Crippen LogP contribution < -0.4 is 10.1 Å². The van der Waals surface area contributed by atoms with Crippen molar-refractivity contribution in [3.8, 4) is 17.6 Å². The van der Waals surface area contributed by atoms with Gasteiger partial charge in [0, 0.05) is 18.7 Å². The van der Waals surface area contributed by atoms with E-state index in [1.165, 1.54) is 0 Å². The van der Waals surface area contributed by atoms with Crippen LogP contribution in [0.25, 0.3) is 0 Å². The lowest BCUT2D eigenvalue weighted by Crippen LogP contribution is -2.23. The number of aromatic nitrogens is 2. The molecular weight excluding hydrogens is 376 g/mol. The minimum atomic E-state index is -0.00652. The molecule has 3 rings (SSSR count). The van der Waals surface area contributed by atoms with E-state index in [9.17, 15) is 4.79 Å². The summed E-state index contributed by atoms with van der Waals surface area (Å²) >= 11 is 0. The second-order valence-corrected chi connectivity index (χ2v) is 7.12. The molecule has 30 heavy (non-hydrogen) atoms. The van der Waals surface area contributed by atoms with Gasteiger partial charge in [-0.05, 0) is 55.7 Å². The highest BCUT2D eigenvalue weighted by Crippen LogP contribution is 2.22. The molecule has 0 unspecified atom stereocenters. The largest absolute Gasteiger partial charge is 0.457 e. The lowest BCUT2D eigenvalue weighted by molar-refractivity contribution is -0.121. The van der Waals surface area contributed by atoms with Gasteiger partial charge in [0.05, 0.1) is 24.7 Å². The fraction of sp³-hybridized carbons (Fsp3) is 0.292. The first kappa shape index (κ1) is 21.1. The van der Waals surface area contributed by atoms with E-state index in [0.29, 0.717) is 32.4 Å². The van der Waals surface area contributed by atoms with Crippen molar-refractivity contribution in [3.63, 3.8) is 0 Å². The van der Waals surface area contributed by atoms with Crippen molar-refractivity contribution in [2.75, 3.05) is 0 Å². The number of hydrogen-bond acceptors (Lipinski definition) is 4. The topological polar surface area (TPSA) is 79.9 Å². The molecule has 0 spiro atoms. The van der Waals surface area contributed by atoms with Gasteiger partial charge in [0.1, 0.15) is 11.5 Å². The van der Waals surface area contributed by atoms with E-state index < -0.39 is 0 Å². The van der Waals surface area contributed by atoms with Crippen molar-refractivity contribution in [1.82, 2.24) is 15.1 Å². The summed E-state index contributed by atoms with van der Waals surface area (Å²) in [5.41, 5.74) is 4.01. The Balaban J connectivity index is 1.51. The summed E-state index contributed by atoms with van der Waals surface area (Å²) in [6.45, 7) is 4.96. The van der Waals surface area contributed by atoms with Crippen molar-refractivity contribution in [2.24, 2.45) is 0 Å². The van der Waals surface area contributed by atoms with Gasteiger partial charge in [-0.2, -0.15) is 10.4 Å². The summed E-state index contributed by atoms with van der Waals surface area (Å²) in [5.74, 6) is 1.51. The van der Waals surface area contributed by atoms with Crippen LogP contribution in [0, 0.1) is 25.2 Å². The molecule has 2 aromatic carbocycles. The number of amides is 1. The Morgan fingerprint density at radius 3 is 2.67 bits per heavy atom. The zero-order valence-corrected chi connectivity index (χ0v) is 17.4. The van der Waals surface area contributed by atoms with Crippen molar-refractivity contribution in [1.29, 1.82) is 5.26 Å². The first-order valence-electron chi connectivity index (χ1n) is 10.0. The number of nitrogens with zero attached hydrogens (tertiary/aromatic N) is 3. The monoisotopic (exact) mass is 402 g/mol. The number of nitriles is 1. The number of carbonyl (C=O) groups excluding carboxylic acids is 1. The Bertz CT molecular complexity index is 1040. The molecule has 0 saturated heterocycles. The summed E-state index contributed by atoms with van der Waals surface area (Å²) in [6, 6.07) is 19.5. The third-order valence-electron chi connectivity index (χ3n) is 4.94. The first-order chi connectivity index (χ1) is 14.6. The predicted octanol–water partition coefficient (Wildman–Crippen LogP) is 4.45. The zero-order chi connectivity index (χ0) is 21.3. The SMILES string of the molecule is Cc1nn(CCC#N)c(C)c1CCC(=O)NCc1cccc(Oc2ccccc2)c1. The Morgan fingerprint density at radius 2 is 1.90 bits per heavy atom. The van der Waals surface area contributed by atoms with Crippen LogP contribution in [0.4, 0.5) is 0 Å². The summed E-state index contributed by atoms with van der Waals surface area (Å²) in [4.78, 5) is 12.4. The fourth-order valence-electron chi connectivity index (χ4n) is 3.34. The van der Waals surface area contributed by atoms with E-state index >= 15 is 0 Å². The Morgan fingerprint density at radius 1 is 1.13 bits per heavy atom. The van der Waals surface area contributed by atoms with Crippen LogP contribution in [0.5, 0.6) is 11.5 Å². The van der Waals surface area contributed by atoms with Gasteiger partial charge in [-0.15, -0.1) is 0 Å². The average molecular weight is 402 g/mol. The van der Waals surface area contributed by atoms with Crippen molar-refractivity contribution >= 4 is 5.91 Å². The molecule has 1 heterocycles. The lowest BCUT2D eigenvalue weighted by Gasteiger charge is -2.09. The number of hydrogen-bond donors (Lipinski definition) is 1. The van der Waals surface area contributed by atoms with Crippen LogP contribution in [-0.2, 0) is 24.3 Å². The van der Waals surface area contributed by atoms with Crippen molar-refractivity contribution in [3.05, 3.63) is 77.1 Å². The molecule has 6 nitrogen and oxygen atoms in total. The number of nitrogens with one attached hydrogen (secondary N) is 1. The fourth-order valence-corrected chi connectivity index (χ4v) is 3.34. The number of benzene rings is 2. The van der Waals surface area contributed by atoms with Gasteiger partial charge >= 0.3 is 0 Å². The summed E-state index contributed by atoms with van der Waals surface area (Å²) in [7, 11) is 0. The number of ether oxygens (including phenoxy) is 1. The van der Waals surface area contributed by atoms with E-state index in [4.69, 9.17) is 10.00 Å². The molecule has 1 aromatic heterocycles. The highest BCUT2D eigenvalue weighted by molar-refractivity contribution is 5.76. The summed E-state index contributed by atoms with van der Waals surface area (Å²) in [5, 5.41) is 16.2. The maximum absolute atomic E-state index is 12.4. The molecule has 3 aromatic rings. The Kier molecular flexibility index (Phi) is 7.23. The zero-order valence-electron chi connectivity index (χ0n) is 17.4. The molecule has 1 amide bonds. The molecule has 0 aliphatic carbocycles. The predicted molar refractivity (Wildman–Crippen MR) is 115 cm³/mol. The van der Waals surface area contributed by atoms with E-state index in [0.717, 1.165) is 34.0 Å². The van der Waals surface area contributed by atoms with Gasteiger partial charge in [0.25, 0.3) is 0 Å². The molecule has 0 bridgehead atoms. The quantitative estimate of drug-likeness (QED) is 0.573. The molecule has 6 heteroatoms. The lowest BCUT2D eigenvalue weighted by atomic mass is 10.1. The van der Waals surface area contributed by atoms with Gasteiger partial charge in [0.2, 0.25) is 5.91 Å². The molecule has 0 atom stereocenters. The molecule has 0 radical (unpaired) electrons. The van der Waals surface area contributed by atoms with Crippen LogP contribution >= 0.6 is 0 Å². The Labute approximate surface area is 177 Å². The van der Waals surface area contributed by atoms with Crippen LogP contribution in [0.3, 0.4) is 0 Å². The van der Waals surface area contributed by atoms with Crippen LogP contribution in [0.2, 0.25) is 0 Å². The van der Waals surface area contributed by atoms with E-state index in [-0.39, 0.29) is 5.91 Å².